The van der Waals surface area contributed by atoms with Gasteiger partial charge in [-0.15, -0.1) is 0 Å². The van der Waals surface area contributed by atoms with Crippen LogP contribution in [0.25, 0.3) is 9.69 Å². The fraction of sp³-hybridized carbons (Fsp3) is 0.391. The van der Waals surface area contributed by atoms with Crippen LogP contribution < -0.4 is 9.47 Å². The van der Waals surface area contributed by atoms with Gasteiger partial charge in [0.2, 0.25) is 15.7 Å². The molecule has 2 fully saturated rings. The molecule has 4 rings (SSSR count). The number of hydrogen-bond acceptors (Lipinski definition) is 6. The van der Waals surface area contributed by atoms with E-state index in [0.717, 1.165) is 17.1 Å². The zero-order valence-electron chi connectivity index (χ0n) is 18.6. The number of rotatable bonds is 7. The molecule has 0 aromatic heterocycles. The van der Waals surface area contributed by atoms with Gasteiger partial charge in [-0.25, -0.2) is 18.1 Å². The van der Waals surface area contributed by atoms with Crippen LogP contribution in [0.2, 0.25) is 0 Å². The van der Waals surface area contributed by atoms with Crippen LogP contribution in [0, 0.1) is 13.1 Å². The molecular weight excluding hydrogens is 503 g/mol. The highest BCUT2D eigenvalue weighted by Crippen LogP contribution is 2.41. The van der Waals surface area contributed by atoms with Crippen molar-refractivity contribution in [1.29, 1.82) is 0 Å². The van der Waals surface area contributed by atoms with Gasteiger partial charge in [0.05, 0.1) is 37.3 Å². The maximum atomic E-state index is 13.3. The van der Waals surface area contributed by atoms with Crippen LogP contribution >= 0.6 is 0 Å². The van der Waals surface area contributed by atoms with Crippen LogP contribution in [0.4, 0.5) is 24.5 Å². The minimum atomic E-state index is -4.77. The molecule has 0 radical (unpaired) electrons. The summed E-state index contributed by atoms with van der Waals surface area (Å²) in [6.45, 7) is 12.4. The number of nitrogens with zero attached hydrogens (tertiary/aromatic N) is 3. The van der Waals surface area contributed by atoms with E-state index in [0.29, 0.717) is 18.2 Å². The topological polar surface area (TPSA) is 105 Å². The molecule has 2 atom stereocenters. The van der Waals surface area contributed by atoms with Crippen molar-refractivity contribution in [3.63, 3.8) is 0 Å². The van der Waals surface area contributed by atoms with Gasteiger partial charge in [-0.2, -0.15) is 17.5 Å². The molecule has 0 bridgehead atoms. The molecule has 9 nitrogen and oxygen atoms in total. The number of ether oxygens (including phenoxy) is 2. The van der Waals surface area contributed by atoms with Crippen molar-refractivity contribution in [1.82, 2.24) is 4.31 Å². The zero-order chi connectivity index (χ0) is 26.3. The van der Waals surface area contributed by atoms with Gasteiger partial charge in [-0.3, -0.25) is 0 Å². The minimum Gasteiger partial charge on any atom is -0.488 e. The van der Waals surface area contributed by atoms with Gasteiger partial charge in [0.15, 0.2) is 17.2 Å². The minimum absolute atomic E-state index is 0.0581. The molecule has 190 valence electrons. The third-order valence-corrected chi connectivity index (χ3v) is 7.72. The highest BCUT2D eigenvalue weighted by molar-refractivity contribution is 7.89. The van der Waals surface area contributed by atoms with E-state index in [1.54, 1.807) is 0 Å². The number of alkyl halides is 3. The lowest BCUT2D eigenvalue weighted by Gasteiger charge is -2.27. The number of aliphatic hydroxyl groups excluding tert-OH is 1. The average Bonchev–Trinajstić information content (AvgIpc) is 3.60. The maximum Gasteiger partial charge on any atom is 0.415 e. The normalized spacial score (nSPS) is 22.6. The lowest BCUT2D eigenvalue weighted by Crippen LogP contribution is -2.48. The largest absolute Gasteiger partial charge is 0.488 e. The molecule has 1 saturated heterocycles. The maximum absolute atomic E-state index is 13.3. The van der Waals surface area contributed by atoms with Crippen molar-refractivity contribution in [2.75, 3.05) is 19.7 Å². The van der Waals surface area contributed by atoms with Crippen LogP contribution in [-0.2, 0) is 16.2 Å². The van der Waals surface area contributed by atoms with Crippen molar-refractivity contribution in [2.24, 2.45) is 0 Å². The Morgan fingerprint density at radius 2 is 1.81 bits per heavy atom. The highest BCUT2D eigenvalue weighted by atomic mass is 32.2. The van der Waals surface area contributed by atoms with Crippen molar-refractivity contribution in [3.05, 3.63) is 64.8 Å². The van der Waals surface area contributed by atoms with Gasteiger partial charge in [-0.1, -0.05) is 18.2 Å². The summed E-state index contributed by atoms with van der Waals surface area (Å²) < 4.78 is 78.1. The summed E-state index contributed by atoms with van der Waals surface area (Å²) in [7, 11) is -4.55. The lowest BCUT2D eigenvalue weighted by atomic mass is 10.0. The first kappa shape index (κ1) is 25.7. The summed E-state index contributed by atoms with van der Waals surface area (Å²) >= 11 is 0. The second-order valence-electron chi connectivity index (χ2n) is 8.52. The quantitative estimate of drug-likeness (QED) is 0.539. The molecule has 0 amide bonds. The number of benzene rings is 2. The van der Waals surface area contributed by atoms with Gasteiger partial charge in [-0.05, 0) is 31.0 Å². The summed E-state index contributed by atoms with van der Waals surface area (Å²) in [5.41, 5.74) is -3.68. The van der Waals surface area contributed by atoms with E-state index in [4.69, 9.17) is 22.6 Å². The van der Waals surface area contributed by atoms with E-state index in [2.05, 4.69) is 9.69 Å². The Morgan fingerprint density at radius 3 is 2.39 bits per heavy atom. The predicted octanol–water partition coefficient (Wildman–Crippen LogP) is 3.52. The van der Waals surface area contributed by atoms with E-state index in [-0.39, 0.29) is 23.3 Å². The highest BCUT2D eigenvalue weighted by Gasteiger charge is 2.51. The molecule has 13 heteroatoms. The number of β-amino-alcohol motifs (C(OH)–C–C–N with tert-alkyl or cyclic N) is 1. The van der Waals surface area contributed by atoms with Crippen LogP contribution in [0.15, 0.2) is 41.3 Å². The zero-order valence-corrected chi connectivity index (χ0v) is 19.4. The van der Waals surface area contributed by atoms with E-state index in [1.165, 1.54) is 18.2 Å². The van der Waals surface area contributed by atoms with Gasteiger partial charge in [0, 0.05) is 12.1 Å². The van der Waals surface area contributed by atoms with E-state index in [1.807, 2.05) is 0 Å². The van der Waals surface area contributed by atoms with E-state index >= 15 is 0 Å². The van der Waals surface area contributed by atoms with Gasteiger partial charge in [0.25, 0.3) is 0 Å². The summed E-state index contributed by atoms with van der Waals surface area (Å²) in [4.78, 5) is 5.62. The molecular formula is C23H20F3N3O6S. The molecule has 2 aromatic rings. The molecule has 0 unspecified atom stereocenters. The number of sulfonamides is 1. The van der Waals surface area contributed by atoms with Crippen LogP contribution in [0.5, 0.6) is 11.5 Å². The summed E-state index contributed by atoms with van der Waals surface area (Å²) in [6, 6.07) is 6.04. The summed E-state index contributed by atoms with van der Waals surface area (Å²) in [5.74, 6) is 0.354. The Labute approximate surface area is 205 Å². The second kappa shape index (κ2) is 9.26. The monoisotopic (exact) mass is 523 g/mol. The number of hydrogen-bond donors (Lipinski definition) is 2. The van der Waals surface area contributed by atoms with Gasteiger partial charge < -0.3 is 19.7 Å². The summed E-state index contributed by atoms with van der Waals surface area (Å²) in [6.07, 6.45) is -4.49. The van der Waals surface area contributed by atoms with E-state index < -0.39 is 63.7 Å². The molecule has 2 aliphatic rings. The average molecular weight is 523 g/mol. The third kappa shape index (κ3) is 4.96. The molecule has 1 aliphatic carbocycles. The first-order valence-corrected chi connectivity index (χ1v) is 12.1. The Morgan fingerprint density at radius 1 is 1.08 bits per heavy atom. The molecule has 2 aromatic carbocycles. The second-order valence-corrected chi connectivity index (χ2v) is 10.4. The fourth-order valence-corrected chi connectivity index (χ4v) is 5.33. The van der Waals surface area contributed by atoms with Gasteiger partial charge in [0.1, 0.15) is 11.7 Å². The molecule has 1 aliphatic heterocycles. The number of aliphatic hydroxyl groups is 2. The van der Waals surface area contributed by atoms with Crippen LogP contribution in [0.1, 0.15) is 18.4 Å². The first-order valence-electron chi connectivity index (χ1n) is 10.7. The Bertz CT molecular complexity index is 1360. The third-order valence-electron chi connectivity index (χ3n) is 5.86. The smallest absolute Gasteiger partial charge is 0.415 e. The fourth-order valence-electron chi connectivity index (χ4n) is 3.72. The summed E-state index contributed by atoms with van der Waals surface area (Å²) in [5, 5.41) is 20.9. The molecule has 0 spiro atoms. The van der Waals surface area contributed by atoms with Crippen LogP contribution in [-0.4, -0.2) is 60.4 Å². The molecule has 36 heavy (non-hydrogen) atoms. The van der Waals surface area contributed by atoms with E-state index in [9.17, 15) is 31.8 Å². The Hall–Kier alpha value is -3.36. The van der Waals surface area contributed by atoms with Crippen molar-refractivity contribution < 1.29 is 41.3 Å². The first-order chi connectivity index (χ1) is 16.9. The number of halogens is 3. The molecule has 1 saturated carbocycles. The standard InChI is InChI=1S/C23H20F3N3O6S/c1-27-15-4-7-18(19(10-15)34-16-5-6-16)35-21-11-29(12-22(21,31)13-30)36(32,33)20-8-3-14(23(24,25)26)9-17(20)28-2/h3-4,7-10,16,21,30-31H,5-6,11-13H2/t21-,22+/m0/s1. The SMILES string of the molecule is [C-]#[N+]c1ccc(O[C@H]2CN(S(=O)(=O)c3ccc(C(F)(F)F)cc3[N+]#[C-])C[C@@]2(O)CO)c(OC2CC2)c1. The Kier molecular flexibility index (Phi) is 6.62. The van der Waals surface area contributed by atoms with Gasteiger partial charge >= 0.3 is 6.18 Å². The lowest BCUT2D eigenvalue weighted by molar-refractivity contribution is -0.137. The molecule has 2 N–H and O–H groups in total. The van der Waals surface area contributed by atoms with Crippen molar-refractivity contribution >= 4 is 21.4 Å². The van der Waals surface area contributed by atoms with Crippen LogP contribution in [0.3, 0.4) is 0 Å². The predicted molar refractivity (Wildman–Crippen MR) is 119 cm³/mol. The molecule has 1 heterocycles. The van der Waals surface area contributed by atoms with Crippen molar-refractivity contribution in [3.8, 4) is 11.5 Å². The van der Waals surface area contributed by atoms with Crippen molar-refractivity contribution in [2.45, 2.75) is 41.7 Å². The Balaban J connectivity index is 1.64.